The van der Waals surface area contributed by atoms with Crippen LogP contribution in [0.15, 0.2) is 41.5 Å². The monoisotopic (exact) mass is 524 g/mol. The van der Waals surface area contributed by atoms with Crippen LogP contribution in [0.3, 0.4) is 0 Å². The Morgan fingerprint density at radius 1 is 1.24 bits per heavy atom. The molecule has 0 aliphatic heterocycles. The minimum Gasteiger partial charge on any atom is -0.467 e. The highest BCUT2D eigenvalue weighted by Gasteiger charge is 2.61. The number of aromatic nitrogens is 2. The molecule has 1 aromatic heterocycles. The molecule has 9 nitrogen and oxygen atoms in total. The average Bonchev–Trinajstić information content (AvgIpc) is 3.48. The highest BCUT2D eigenvalue weighted by atomic mass is 16.6. The summed E-state index contributed by atoms with van der Waals surface area (Å²) in [6.45, 7) is 6.40. The molecule has 3 fully saturated rings. The number of aromatic amines is 1. The van der Waals surface area contributed by atoms with Gasteiger partial charge in [-0.05, 0) is 80.8 Å². The fourth-order valence-electron chi connectivity index (χ4n) is 7.86. The van der Waals surface area contributed by atoms with Crippen LogP contribution in [0, 0.1) is 28.6 Å². The molecular formula is C29H40N4O5. The maximum absolute atomic E-state index is 12.5. The number of imidazole rings is 1. The number of nitrogens with one attached hydrogen (secondary N) is 2. The van der Waals surface area contributed by atoms with Crippen molar-refractivity contribution in [1.29, 1.82) is 0 Å². The molecule has 0 bridgehead atoms. The Bertz CT molecular complexity index is 1160. The van der Waals surface area contributed by atoms with Crippen molar-refractivity contribution < 1.29 is 24.3 Å². The van der Waals surface area contributed by atoms with Crippen LogP contribution >= 0.6 is 0 Å². The van der Waals surface area contributed by atoms with Gasteiger partial charge in [-0.2, -0.15) is 0 Å². The van der Waals surface area contributed by atoms with Crippen LogP contribution in [0.4, 0.5) is 0 Å². The van der Waals surface area contributed by atoms with Crippen molar-refractivity contribution in [3.05, 3.63) is 42.0 Å². The number of carbonyl (C=O) groups is 2. The van der Waals surface area contributed by atoms with E-state index in [-0.39, 0.29) is 23.9 Å². The Hall–Kier alpha value is -2.94. The number of rotatable bonds is 7. The maximum Gasteiger partial charge on any atom is 0.328 e. The zero-order valence-electron chi connectivity index (χ0n) is 22.8. The highest BCUT2D eigenvalue weighted by molar-refractivity contribution is 6.05. The number of esters is 1. The lowest BCUT2D eigenvalue weighted by molar-refractivity contribution is -0.145. The Morgan fingerprint density at radius 2 is 2.03 bits per heavy atom. The van der Waals surface area contributed by atoms with E-state index in [0.717, 1.165) is 38.5 Å². The van der Waals surface area contributed by atoms with Gasteiger partial charge < -0.3 is 25.0 Å². The van der Waals surface area contributed by atoms with Gasteiger partial charge in [0.1, 0.15) is 11.8 Å². The van der Waals surface area contributed by atoms with E-state index in [1.807, 2.05) is 13.0 Å². The summed E-state index contributed by atoms with van der Waals surface area (Å²) in [6, 6.07) is -0.849. The number of fused-ring (bicyclic) bond motifs is 5. The van der Waals surface area contributed by atoms with Crippen molar-refractivity contribution in [3.63, 3.8) is 0 Å². The lowest BCUT2D eigenvalue weighted by Gasteiger charge is -2.58. The van der Waals surface area contributed by atoms with Crippen LogP contribution in [-0.2, 0) is 25.6 Å². The van der Waals surface area contributed by atoms with Gasteiger partial charge in [0, 0.05) is 23.7 Å². The summed E-state index contributed by atoms with van der Waals surface area (Å²) in [4.78, 5) is 36.8. The summed E-state index contributed by atoms with van der Waals surface area (Å²) < 4.78 is 4.81. The molecule has 0 radical (unpaired) electrons. The summed E-state index contributed by atoms with van der Waals surface area (Å²) in [5, 5.41) is 18.0. The standard InChI is InChI=1S/C29H40N4O5/c1-27-10-7-19(33-38-16-25(34)32-24(26(35)37-4)14-20-15-30-17-31-20)13-18(27)5-6-21-22(27)8-11-28(2)23(21)9-12-29(28,3)36/h7,10,13,15,17,21-24,36H,5-6,8-9,11-12,14,16H2,1-4H3,(H,30,31)(H,32,34)/b33-19+/t21-,22+,23+,24-,27+,28+,29-/m1/s1. The first-order valence-corrected chi connectivity index (χ1v) is 13.7. The summed E-state index contributed by atoms with van der Waals surface area (Å²) in [5.41, 5.74) is 2.19. The molecule has 0 saturated heterocycles. The summed E-state index contributed by atoms with van der Waals surface area (Å²) in [7, 11) is 1.28. The van der Waals surface area contributed by atoms with Crippen LogP contribution in [0.25, 0.3) is 0 Å². The first kappa shape index (κ1) is 26.7. The van der Waals surface area contributed by atoms with E-state index in [2.05, 4.69) is 46.4 Å². The summed E-state index contributed by atoms with van der Waals surface area (Å²) in [5.74, 6) is 0.752. The van der Waals surface area contributed by atoms with Gasteiger partial charge in [0.05, 0.1) is 19.0 Å². The molecule has 3 saturated carbocycles. The van der Waals surface area contributed by atoms with Crippen LogP contribution in [0.1, 0.15) is 65.0 Å². The van der Waals surface area contributed by atoms with Crippen molar-refractivity contribution in [3.8, 4) is 0 Å². The second kappa shape index (κ2) is 9.98. The predicted molar refractivity (Wildman–Crippen MR) is 142 cm³/mol. The van der Waals surface area contributed by atoms with Gasteiger partial charge in [0.2, 0.25) is 0 Å². The third-order valence-corrected chi connectivity index (χ3v) is 10.3. The molecule has 1 amide bonds. The lowest BCUT2D eigenvalue weighted by atomic mass is 9.47. The zero-order valence-corrected chi connectivity index (χ0v) is 22.8. The first-order valence-electron chi connectivity index (χ1n) is 13.7. The molecule has 4 aliphatic carbocycles. The Kier molecular flexibility index (Phi) is 7.00. The van der Waals surface area contributed by atoms with Gasteiger partial charge in [-0.1, -0.05) is 30.7 Å². The Balaban J connectivity index is 1.20. The second-order valence-electron chi connectivity index (χ2n) is 12.2. The topological polar surface area (TPSA) is 126 Å². The summed E-state index contributed by atoms with van der Waals surface area (Å²) in [6.07, 6.45) is 16.1. The number of methoxy groups -OCH3 is 1. The molecule has 0 aromatic carbocycles. The number of hydrogen-bond acceptors (Lipinski definition) is 7. The van der Waals surface area contributed by atoms with Crippen molar-refractivity contribution in [2.24, 2.45) is 33.7 Å². The normalized spacial score (nSPS) is 37.4. The highest BCUT2D eigenvalue weighted by Crippen LogP contribution is 2.66. The van der Waals surface area contributed by atoms with Crippen LogP contribution in [0.5, 0.6) is 0 Å². The van der Waals surface area contributed by atoms with E-state index >= 15 is 0 Å². The molecule has 4 aliphatic rings. The molecule has 38 heavy (non-hydrogen) atoms. The SMILES string of the molecule is COC(=O)[C@@H](Cc1cnc[nH]1)NC(=O)CO/N=C1\C=C[C@@]2(C)C(=C1)CC[C@@H]1[C@@H]2CC[C@@]2(C)[C@H]1CC[C@@]2(C)O. The first-order chi connectivity index (χ1) is 18.1. The molecule has 1 aromatic rings. The van der Waals surface area contributed by atoms with Crippen LogP contribution < -0.4 is 5.32 Å². The molecule has 3 N–H and O–H groups in total. The lowest BCUT2D eigenvalue weighted by Crippen LogP contribution is -2.53. The number of aliphatic hydroxyl groups is 1. The van der Waals surface area contributed by atoms with Crippen molar-refractivity contribution in [2.45, 2.75) is 77.4 Å². The van der Waals surface area contributed by atoms with Gasteiger partial charge in [0.15, 0.2) is 6.61 Å². The van der Waals surface area contributed by atoms with Crippen molar-refractivity contribution in [1.82, 2.24) is 15.3 Å². The van der Waals surface area contributed by atoms with Crippen LogP contribution in [-0.4, -0.2) is 58.0 Å². The van der Waals surface area contributed by atoms with Crippen LogP contribution in [0.2, 0.25) is 0 Å². The third-order valence-electron chi connectivity index (χ3n) is 10.3. The van der Waals surface area contributed by atoms with E-state index in [4.69, 9.17) is 9.57 Å². The second-order valence-corrected chi connectivity index (χ2v) is 12.2. The van der Waals surface area contributed by atoms with Gasteiger partial charge >= 0.3 is 5.97 Å². The van der Waals surface area contributed by atoms with Crippen molar-refractivity contribution >= 4 is 17.6 Å². The molecule has 0 unspecified atom stereocenters. The molecule has 0 spiro atoms. The van der Waals surface area contributed by atoms with Gasteiger partial charge in [-0.15, -0.1) is 0 Å². The smallest absolute Gasteiger partial charge is 0.328 e. The Labute approximate surface area is 224 Å². The molecular weight excluding hydrogens is 484 g/mol. The number of H-pyrrole nitrogens is 1. The molecule has 9 heteroatoms. The predicted octanol–water partition coefficient (Wildman–Crippen LogP) is 3.47. The number of allylic oxidation sites excluding steroid dienone is 4. The summed E-state index contributed by atoms with van der Waals surface area (Å²) >= 11 is 0. The largest absolute Gasteiger partial charge is 0.467 e. The number of carbonyl (C=O) groups excluding carboxylic acids is 2. The number of hydrogen-bond donors (Lipinski definition) is 3. The number of amides is 1. The zero-order chi connectivity index (χ0) is 27.1. The minimum atomic E-state index is -0.849. The number of oxime groups is 1. The van der Waals surface area contributed by atoms with E-state index in [1.54, 1.807) is 6.20 Å². The van der Waals surface area contributed by atoms with E-state index in [1.165, 1.54) is 19.0 Å². The quantitative estimate of drug-likeness (QED) is 0.370. The van der Waals surface area contributed by atoms with Gasteiger partial charge in [0.25, 0.3) is 5.91 Å². The average molecular weight is 525 g/mol. The van der Waals surface area contributed by atoms with Gasteiger partial charge in [-0.3, -0.25) is 4.79 Å². The third kappa shape index (κ3) is 4.59. The van der Waals surface area contributed by atoms with Gasteiger partial charge in [-0.25, -0.2) is 9.78 Å². The van der Waals surface area contributed by atoms with E-state index < -0.39 is 23.5 Å². The molecule has 5 rings (SSSR count). The molecule has 1 heterocycles. The van der Waals surface area contributed by atoms with E-state index in [0.29, 0.717) is 29.2 Å². The number of nitrogens with zero attached hydrogens (tertiary/aromatic N) is 2. The van der Waals surface area contributed by atoms with Crippen molar-refractivity contribution in [2.75, 3.05) is 13.7 Å². The maximum atomic E-state index is 12.5. The minimum absolute atomic E-state index is 0.0103. The molecule has 7 atom stereocenters. The Morgan fingerprint density at radius 3 is 2.76 bits per heavy atom. The number of ether oxygens (including phenoxy) is 1. The fraction of sp³-hybridized carbons (Fsp3) is 0.655. The molecule has 206 valence electrons. The fourth-order valence-corrected chi connectivity index (χ4v) is 7.86. The van der Waals surface area contributed by atoms with E-state index in [9.17, 15) is 14.7 Å².